The molecule has 3 heteroatoms. The average Bonchev–Trinajstić information content (AvgIpc) is 3.39. The Morgan fingerprint density at radius 3 is 2.59 bits per heavy atom. The Hall–Kier alpha value is -1.35. The minimum absolute atomic E-state index is 0.351. The van der Waals surface area contributed by atoms with Gasteiger partial charge in [0.15, 0.2) is 0 Å². The van der Waals surface area contributed by atoms with Gasteiger partial charge in [-0.15, -0.1) is 0 Å². The second kappa shape index (κ2) is 6.82. The zero-order valence-corrected chi connectivity index (χ0v) is 13.8. The Balaban J connectivity index is 1.57. The molecule has 3 rings (SSSR count). The van der Waals surface area contributed by atoms with Crippen molar-refractivity contribution in [1.29, 1.82) is 0 Å². The van der Waals surface area contributed by atoms with Gasteiger partial charge in [0.1, 0.15) is 0 Å². The zero-order valence-electron chi connectivity index (χ0n) is 13.8. The van der Waals surface area contributed by atoms with Crippen LogP contribution in [-0.2, 0) is 4.79 Å². The predicted octanol–water partition coefficient (Wildman–Crippen LogP) is 3.37. The van der Waals surface area contributed by atoms with Crippen molar-refractivity contribution in [2.45, 2.75) is 51.6 Å². The van der Waals surface area contributed by atoms with Gasteiger partial charge in [0.2, 0.25) is 5.91 Å². The van der Waals surface area contributed by atoms with Gasteiger partial charge >= 0.3 is 0 Å². The predicted molar refractivity (Wildman–Crippen MR) is 89.5 cm³/mol. The van der Waals surface area contributed by atoms with E-state index in [1.165, 1.54) is 5.56 Å². The highest BCUT2D eigenvalue weighted by Gasteiger charge is 2.37. The van der Waals surface area contributed by atoms with E-state index < -0.39 is 0 Å². The number of likely N-dealkylation sites (tertiary alicyclic amines) is 1. The summed E-state index contributed by atoms with van der Waals surface area (Å²) >= 11 is 0. The van der Waals surface area contributed by atoms with Crippen molar-refractivity contribution in [2.24, 2.45) is 11.8 Å². The molecule has 1 aromatic rings. The number of piperidine rings is 1. The van der Waals surface area contributed by atoms with Crippen molar-refractivity contribution in [2.75, 3.05) is 13.1 Å². The monoisotopic (exact) mass is 300 g/mol. The van der Waals surface area contributed by atoms with Crippen LogP contribution >= 0.6 is 0 Å². The van der Waals surface area contributed by atoms with Gasteiger partial charge in [0.05, 0.1) is 0 Å². The summed E-state index contributed by atoms with van der Waals surface area (Å²) < 4.78 is 0. The molecule has 3 atom stereocenters. The lowest BCUT2D eigenvalue weighted by molar-refractivity contribution is -0.134. The van der Waals surface area contributed by atoms with Crippen LogP contribution in [0.1, 0.15) is 51.1 Å². The van der Waals surface area contributed by atoms with Gasteiger partial charge in [0.25, 0.3) is 0 Å². The van der Waals surface area contributed by atoms with Gasteiger partial charge in [-0.05, 0) is 37.2 Å². The third kappa shape index (κ3) is 3.52. The quantitative estimate of drug-likeness (QED) is 0.904. The van der Waals surface area contributed by atoms with E-state index in [0.29, 0.717) is 29.8 Å². The third-order valence-corrected chi connectivity index (χ3v) is 5.17. The molecule has 2 fully saturated rings. The molecule has 0 radical (unpaired) electrons. The first kappa shape index (κ1) is 15.5. The fraction of sp³-hybridized carbons (Fsp3) is 0.632. The first-order valence-electron chi connectivity index (χ1n) is 8.78. The van der Waals surface area contributed by atoms with Gasteiger partial charge in [-0.2, -0.15) is 0 Å². The normalized spacial score (nSPS) is 26.7. The first-order chi connectivity index (χ1) is 10.7. The number of amides is 1. The molecule has 1 aliphatic carbocycles. The molecule has 120 valence electrons. The summed E-state index contributed by atoms with van der Waals surface area (Å²) in [6.07, 6.45) is 4.38. The second-order valence-electron chi connectivity index (χ2n) is 6.97. The summed E-state index contributed by atoms with van der Waals surface area (Å²) in [4.78, 5) is 14.3. The molecule has 1 aliphatic heterocycles. The van der Waals surface area contributed by atoms with E-state index in [0.717, 1.165) is 38.8 Å². The van der Waals surface area contributed by atoms with Crippen molar-refractivity contribution in [3.63, 3.8) is 0 Å². The summed E-state index contributed by atoms with van der Waals surface area (Å²) in [7, 11) is 0. The van der Waals surface area contributed by atoms with E-state index in [1.54, 1.807) is 0 Å². The van der Waals surface area contributed by atoms with Crippen molar-refractivity contribution in [3.05, 3.63) is 35.9 Å². The number of nitrogens with one attached hydrogen (secondary N) is 1. The van der Waals surface area contributed by atoms with E-state index in [4.69, 9.17) is 0 Å². The summed E-state index contributed by atoms with van der Waals surface area (Å²) in [5.41, 5.74) is 1.37. The largest absolute Gasteiger partial charge is 0.342 e. The van der Waals surface area contributed by atoms with Crippen LogP contribution in [0.5, 0.6) is 0 Å². The molecule has 22 heavy (non-hydrogen) atoms. The lowest BCUT2D eigenvalue weighted by atomic mass is 9.91. The molecule has 1 heterocycles. The number of nitrogens with zero attached hydrogens (tertiary/aromatic N) is 1. The third-order valence-electron chi connectivity index (χ3n) is 5.17. The van der Waals surface area contributed by atoms with Gasteiger partial charge in [0, 0.05) is 31.1 Å². The molecule has 1 saturated carbocycles. The maximum absolute atomic E-state index is 12.2. The van der Waals surface area contributed by atoms with Crippen LogP contribution in [0.15, 0.2) is 30.3 Å². The Labute approximate surface area is 134 Å². The number of carbonyl (C=O) groups is 1. The molecule has 0 aromatic heterocycles. The highest BCUT2D eigenvalue weighted by atomic mass is 16.2. The van der Waals surface area contributed by atoms with Crippen molar-refractivity contribution in [1.82, 2.24) is 10.2 Å². The van der Waals surface area contributed by atoms with Crippen molar-refractivity contribution in [3.8, 4) is 0 Å². The lowest BCUT2D eigenvalue weighted by Crippen LogP contribution is -2.51. The van der Waals surface area contributed by atoms with Crippen LogP contribution in [0.25, 0.3) is 0 Å². The maximum atomic E-state index is 12.2. The summed E-state index contributed by atoms with van der Waals surface area (Å²) in [5.74, 6) is 1.28. The zero-order chi connectivity index (χ0) is 15.5. The summed E-state index contributed by atoms with van der Waals surface area (Å²) in [5, 5.41) is 3.84. The highest BCUT2D eigenvalue weighted by molar-refractivity contribution is 5.81. The molecular weight excluding hydrogens is 272 g/mol. The molecule has 1 N–H and O–H groups in total. The molecule has 3 nitrogen and oxygen atoms in total. The number of hydrogen-bond donors (Lipinski definition) is 1. The van der Waals surface area contributed by atoms with E-state index in [9.17, 15) is 4.79 Å². The van der Waals surface area contributed by atoms with Crippen LogP contribution in [0.2, 0.25) is 0 Å². The van der Waals surface area contributed by atoms with Gasteiger partial charge in [-0.1, -0.05) is 44.2 Å². The highest BCUT2D eigenvalue weighted by Crippen LogP contribution is 2.33. The molecule has 0 spiro atoms. The van der Waals surface area contributed by atoms with Crippen LogP contribution in [0, 0.1) is 11.8 Å². The molecule has 1 aromatic carbocycles. The van der Waals surface area contributed by atoms with Gasteiger partial charge in [-0.25, -0.2) is 0 Å². The molecular formula is C19H28N2O. The van der Waals surface area contributed by atoms with Gasteiger partial charge in [-0.3, -0.25) is 4.79 Å². The maximum Gasteiger partial charge on any atom is 0.225 e. The lowest BCUT2D eigenvalue weighted by Gasteiger charge is -2.39. The first-order valence-corrected chi connectivity index (χ1v) is 8.78. The molecule has 3 unspecified atom stereocenters. The van der Waals surface area contributed by atoms with Crippen molar-refractivity contribution < 1.29 is 4.79 Å². The minimum Gasteiger partial charge on any atom is -0.342 e. The van der Waals surface area contributed by atoms with Crippen LogP contribution in [-0.4, -0.2) is 29.9 Å². The SMILES string of the molecule is CCC(NC1CCN(C(=O)C2CC2)CC1C)c1ccccc1. The molecule has 0 bridgehead atoms. The number of hydrogen-bond acceptors (Lipinski definition) is 2. The summed E-state index contributed by atoms with van der Waals surface area (Å²) in [6.45, 7) is 6.35. The van der Waals surface area contributed by atoms with Crippen LogP contribution in [0.4, 0.5) is 0 Å². The molecule has 2 aliphatic rings. The Morgan fingerprint density at radius 1 is 1.27 bits per heavy atom. The minimum atomic E-state index is 0.351. The van der Waals surface area contributed by atoms with E-state index in [2.05, 4.69) is 54.4 Å². The Kier molecular flexibility index (Phi) is 4.82. The Bertz CT molecular complexity index is 497. The Morgan fingerprint density at radius 2 is 2.00 bits per heavy atom. The van der Waals surface area contributed by atoms with Crippen LogP contribution < -0.4 is 5.32 Å². The van der Waals surface area contributed by atoms with E-state index in [-0.39, 0.29) is 0 Å². The average molecular weight is 300 g/mol. The molecule has 1 saturated heterocycles. The fourth-order valence-electron chi connectivity index (χ4n) is 3.58. The fourth-order valence-corrected chi connectivity index (χ4v) is 3.58. The second-order valence-corrected chi connectivity index (χ2v) is 6.97. The number of carbonyl (C=O) groups excluding carboxylic acids is 1. The van der Waals surface area contributed by atoms with Crippen molar-refractivity contribution >= 4 is 5.91 Å². The van der Waals surface area contributed by atoms with Crippen LogP contribution in [0.3, 0.4) is 0 Å². The summed E-state index contributed by atoms with van der Waals surface area (Å²) in [6, 6.07) is 11.6. The van der Waals surface area contributed by atoms with E-state index in [1.807, 2.05) is 0 Å². The smallest absolute Gasteiger partial charge is 0.225 e. The van der Waals surface area contributed by atoms with Gasteiger partial charge < -0.3 is 10.2 Å². The number of benzene rings is 1. The standard InChI is InChI=1S/C19H28N2O/c1-3-17(15-7-5-4-6-8-15)20-18-11-12-21(13-14(18)2)19(22)16-9-10-16/h4-8,14,16-18,20H,3,9-13H2,1-2H3. The molecule has 1 amide bonds. The van der Waals surface area contributed by atoms with E-state index >= 15 is 0 Å². The number of rotatable bonds is 5. The topological polar surface area (TPSA) is 32.3 Å².